The molecule has 0 amide bonds. The van der Waals surface area contributed by atoms with Gasteiger partial charge in [0.15, 0.2) is 0 Å². The van der Waals surface area contributed by atoms with Crippen LogP contribution in [0.4, 0.5) is 0 Å². The summed E-state index contributed by atoms with van der Waals surface area (Å²) in [5.74, 6) is 1.09. The lowest BCUT2D eigenvalue weighted by Gasteiger charge is -2.09. The molecule has 6 aromatic rings. The van der Waals surface area contributed by atoms with Crippen molar-refractivity contribution in [1.82, 2.24) is 0 Å². The van der Waals surface area contributed by atoms with E-state index in [-0.39, 0.29) is 5.97 Å². The molecular weight excluding hydrogens is 849 g/mol. The van der Waals surface area contributed by atoms with Gasteiger partial charge in [-0.25, -0.2) is 14.4 Å². The molecule has 0 aromatic heterocycles. The topological polar surface area (TPSA) is 148 Å². The summed E-state index contributed by atoms with van der Waals surface area (Å²) in [6.45, 7) is 8.74. The zero-order valence-corrected chi connectivity index (χ0v) is 37.8. The maximum atomic E-state index is 12.9. The molecule has 0 saturated carbocycles. The van der Waals surface area contributed by atoms with E-state index in [4.69, 9.17) is 28.4 Å². The molecule has 346 valence electrons. The minimum Gasteiger partial charge on any atom is -0.496 e. The van der Waals surface area contributed by atoms with Gasteiger partial charge in [-0.1, -0.05) is 61.7 Å². The Morgan fingerprint density at radius 1 is 0.552 bits per heavy atom. The smallest absolute Gasteiger partial charge is 0.343 e. The van der Waals surface area contributed by atoms with E-state index in [0.29, 0.717) is 60.4 Å². The van der Waals surface area contributed by atoms with Gasteiger partial charge in [-0.3, -0.25) is 4.79 Å². The lowest BCUT2D eigenvalue weighted by atomic mass is 9.97. The molecule has 0 radical (unpaired) electrons. The molecule has 6 aromatic carbocycles. The van der Waals surface area contributed by atoms with Crippen LogP contribution >= 0.6 is 0 Å². The van der Waals surface area contributed by atoms with Crippen molar-refractivity contribution in [3.05, 3.63) is 169 Å². The van der Waals surface area contributed by atoms with E-state index in [1.54, 1.807) is 86.3 Å². The molecule has 0 spiro atoms. The Balaban J connectivity index is 0.000000352. The summed E-state index contributed by atoms with van der Waals surface area (Å²) in [6.07, 6.45) is 13.9. The number of carbonyl (C=O) groups is 4. The number of esters is 3. The van der Waals surface area contributed by atoms with E-state index in [1.165, 1.54) is 6.08 Å². The Morgan fingerprint density at radius 3 is 1.57 bits per heavy atom. The van der Waals surface area contributed by atoms with Crippen LogP contribution in [0.1, 0.15) is 83.2 Å². The Kier molecular flexibility index (Phi) is 21.1. The first kappa shape index (κ1) is 50.1. The van der Waals surface area contributed by atoms with E-state index in [9.17, 15) is 19.2 Å². The Labute approximate surface area is 391 Å². The monoisotopic (exact) mass is 904 g/mol. The van der Waals surface area contributed by atoms with Gasteiger partial charge < -0.3 is 28.4 Å². The molecule has 0 heterocycles. The number of nitrogens with zero attached hydrogens (tertiary/aromatic N) is 2. The summed E-state index contributed by atoms with van der Waals surface area (Å²) in [5.41, 5.74) is 2.64. The van der Waals surface area contributed by atoms with Crippen LogP contribution in [0.15, 0.2) is 157 Å². The van der Waals surface area contributed by atoms with Crippen LogP contribution in [-0.2, 0) is 19.1 Å². The molecule has 0 aliphatic heterocycles. The largest absolute Gasteiger partial charge is 0.496 e. The van der Waals surface area contributed by atoms with Crippen molar-refractivity contribution in [2.75, 3.05) is 33.5 Å². The van der Waals surface area contributed by atoms with Crippen LogP contribution in [0.2, 0.25) is 0 Å². The van der Waals surface area contributed by atoms with Gasteiger partial charge in [-0.2, -0.15) is 10.2 Å². The number of rotatable bonds is 25. The van der Waals surface area contributed by atoms with Gasteiger partial charge >= 0.3 is 17.9 Å². The van der Waals surface area contributed by atoms with Crippen LogP contribution in [0.5, 0.6) is 23.0 Å². The highest BCUT2D eigenvalue weighted by atomic mass is 16.5. The molecule has 0 unspecified atom stereocenters. The Morgan fingerprint density at radius 2 is 1.04 bits per heavy atom. The highest BCUT2D eigenvalue weighted by Gasteiger charge is 2.12. The molecule has 0 aliphatic rings. The van der Waals surface area contributed by atoms with E-state index in [1.807, 2.05) is 24.3 Å². The third-order valence-electron chi connectivity index (χ3n) is 10.2. The van der Waals surface area contributed by atoms with Crippen LogP contribution in [0.3, 0.4) is 0 Å². The molecule has 0 aliphatic carbocycles. The summed E-state index contributed by atoms with van der Waals surface area (Å²) in [5, 5.41) is 13.1. The number of methoxy groups -OCH3 is 1. The quantitative estimate of drug-likeness (QED) is 0.00794. The van der Waals surface area contributed by atoms with Crippen molar-refractivity contribution < 1.29 is 47.6 Å². The molecule has 0 atom stereocenters. The van der Waals surface area contributed by atoms with Crippen molar-refractivity contribution in [2.24, 2.45) is 10.2 Å². The maximum Gasteiger partial charge on any atom is 0.343 e. The van der Waals surface area contributed by atoms with Crippen LogP contribution in [0.25, 0.3) is 21.5 Å². The zero-order chi connectivity index (χ0) is 47.5. The van der Waals surface area contributed by atoms with Crippen molar-refractivity contribution in [3.63, 3.8) is 0 Å². The number of carbonyl (C=O) groups excluding carboxylic acids is 4. The van der Waals surface area contributed by atoms with Gasteiger partial charge in [0.05, 0.1) is 51.5 Å². The molecule has 0 saturated heterocycles. The van der Waals surface area contributed by atoms with Crippen LogP contribution < -0.4 is 18.9 Å². The standard InChI is InChI=1S/C39H36N2O6.C16H20O4/c1-3-38(42)46-23-11-5-4-10-22-45-32-18-16-28(17-19-32)39(43)47-33-20-21-37(44-2)31(25-33)26-40-41-27-36-34-14-8-6-12-29(34)24-30-13-7-9-15-35(30)36;1-2-16(18)20-12-6-4-3-5-11-19-15-9-7-14(13-17)8-10-15/h3,6-9,12-21,24-27H,1,4-5,10-11,22-23H2,2H3;2,7-10,13H,1,3-6,11-12H2/b40-26+,41-27+;. The average molecular weight is 905 g/mol. The summed E-state index contributed by atoms with van der Waals surface area (Å²) in [7, 11) is 1.57. The fourth-order valence-corrected chi connectivity index (χ4v) is 6.71. The average Bonchev–Trinajstić information content (AvgIpc) is 3.36. The third kappa shape index (κ3) is 16.9. The summed E-state index contributed by atoms with van der Waals surface area (Å²) in [4.78, 5) is 45.2. The first-order chi connectivity index (χ1) is 32.8. The van der Waals surface area contributed by atoms with E-state index in [0.717, 1.165) is 96.6 Å². The minimum absolute atomic E-state index is 0.348. The second kappa shape index (κ2) is 28.1. The summed E-state index contributed by atoms with van der Waals surface area (Å²) in [6, 6.07) is 37.5. The number of hydrogen-bond acceptors (Lipinski definition) is 12. The van der Waals surface area contributed by atoms with Gasteiger partial charge in [0.25, 0.3) is 0 Å². The number of unbranched alkanes of at least 4 members (excludes halogenated alkanes) is 6. The van der Waals surface area contributed by atoms with Crippen LogP contribution in [0, 0.1) is 0 Å². The highest BCUT2D eigenvalue weighted by Crippen LogP contribution is 2.28. The highest BCUT2D eigenvalue weighted by molar-refractivity contribution is 6.13. The molecule has 12 nitrogen and oxygen atoms in total. The molecular formula is C55H56N2O10. The Hall–Kier alpha value is -7.86. The normalized spacial score (nSPS) is 10.8. The molecule has 12 heteroatoms. The number of ether oxygens (including phenoxy) is 6. The molecule has 0 N–H and O–H groups in total. The van der Waals surface area contributed by atoms with Crippen molar-refractivity contribution in [1.29, 1.82) is 0 Å². The molecule has 0 bridgehead atoms. The SMILES string of the molecule is C=CC(=O)OCCCCCCOc1ccc(C(=O)Oc2ccc(OC)c(/C=N/N=C/c3c4ccccc4cc4ccccc34)c2)cc1.C=CC(=O)OCCCCCCOc1ccc(C=O)cc1. The van der Waals surface area contributed by atoms with Gasteiger partial charge in [0, 0.05) is 28.8 Å². The van der Waals surface area contributed by atoms with Crippen molar-refractivity contribution in [3.8, 4) is 23.0 Å². The van der Waals surface area contributed by atoms with E-state index in [2.05, 4.69) is 53.7 Å². The fraction of sp³-hybridized carbons (Fsp3) is 0.236. The molecule has 0 fully saturated rings. The molecule has 6 rings (SSSR count). The minimum atomic E-state index is -0.498. The Bertz CT molecular complexity index is 2570. The second-order valence-electron chi connectivity index (χ2n) is 15.0. The van der Waals surface area contributed by atoms with Gasteiger partial charge in [-0.15, -0.1) is 0 Å². The lowest BCUT2D eigenvalue weighted by Crippen LogP contribution is -2.09. The number of aldehydes is 1. The van der Waals surface area contributed by atoms with E-state index >= 15 is 0 Å². The van der Waals surface area contributed by atoms with Gasteiger partial charge in [0.2, 0.25) is 0 Å². The zero-order valence-electron chi connectivity index (χ0n) is 37.8. The van der Waals surface area contributed by atoms with E-state index < -0.39 is 11.9 Å². The predicted octanol–water partition coefficient (Wildman–Crippen LogP) is 11.5. The lowest BCUT2D eigenvalue weighted by molar-refractivity contribution is -0.138. The first-order valence-electron chi connectivity index (χ1n) is 22.2. The van der Waals surface area contributed by atoms with Crippen molar-refractivity contribution in [2.45, 2.75) is 51.4 Å². The molecule has 67 heavy (non-hydrogen) atoms. The summed E-state index contributed by atoms with van der Waals surface area (Å²) >= 11 is 0. The predicted molar refractivity (Wildman–Crippen MR) is 263 cm³/mol. The number of benzene rings is 6. The maximum absolute atomic E-state index is 12.9. The fourth-order valence-electron chi connectivity index (χ4n) is 6.71. The van der Waals surface area contributed by atoms with Crippen LogP contribution in [-0.4, -0.2) is 70.2 Å². The number of fused-ring (bicyclic) bond motifs is 2. The third-order valence-corrected chi connectivity index (χ3v) is 10.2. The van der Waals surface area contributed by atoms with Gasteiger partial charge in [-0.05, 0) is 146 Å². The van der Waals surface area contributed by atoms with Gasteiger partial charge in [0.1, 0.15) is 29.3 Å². The summed E-state index contributed by atoms with van der Waals surface area (Å²) < 4.78 is 32.3. The first-order valence-corrected chi connectivity index (χ1v) is 22.2. The number of hydrogen-bond donors (Lipinski definition) is 0. The second-order valence-corrected chi connectivity index (χ2v) is 15.0. The van der Waals surface area contributed by atoms with Crippen molar-refractivity contribution >= 4 is 58.2 Å².